The van der Waals surface area contributed by atoms with Crippen molar-refractivity contribution in [2.45, 2.75) is 0 Å². The van der Waals surface area contributed by atoms with Crippen LogP contribution in [0.3, 0.4) is 0 Å². The van der Waals surface area contributed by atoms with E-state index < -0.39 is 0 Å². The monoisotopic (exact) mass is 748 g/mol. The molecule has 43 heavy (non-hydrogen) atoms. The molecule has 0 saturated heterocycles. The Balaban J connectivity index is 0.000000490. The first-order valence-corrected chi connectivity index (χ1v) is 12.8. The van der Waals surface area contributed by atoms with Crippen molar-refractivity contribution in [3.05, 3.63) is 182 Å². The summed E-state index contributed by atoms with van der Waals surface area (Å²) < 4.78 is 0. The second-order valence-corrected chi connectivity index (χ2v) is 8.01. The van der Waals surface area contributed by atoms with Crippen LogP contribution in [-0.4, -0.2) is 30.6 Å². The van der Waals surface area contributed by atoms with Gasteiger partial charge in [0.25, 0.3) is 0 Å². The van der Waals surface area contributed by atoms with E-state index >= 15 is 0 Å². The number of phenols is 6. The number of para-hydroxylation sites is 6. The zero-order valence-electron chi connectivity index (χ0n) is 23.4. The zero-order chi connectivity index (χ0) is 30.7. The number of aromatic hydroxyl groups is 6. The van der Waals surface area contributed by atoms with Crippen molar-refractivity contribution in [1.82, 2.24) is 0 Å². The van der Waals surface area contributed by atoms with Gasteiger partial charge in [-0.05, 0) is 72.8 Å². The van der Waals surface area contributed by atoms with Gasteiger partial charge in [0, 0.05) is 21.1 Å². The number of hydrogen-bond acceptors (Lipinski definition) is 6. The summed E-state index contributed by atoms with van der Waals surface area (Å²) in [5.41, 5.74) is 0. The van der Waals surface area contributed by atoms with Gasteiger partial charge < -0.3 is 30.6 Å². The molecule has 0 heterocycles. The van der Waals surface area contributed by atoms with Crippen molar-refractivity contribution in [2.24, 2.45) is 0 Å². The number of hydrogen-bond donors (Lipinski definition) is 6. The number of rotatable bonds is 0. The molecule has 0 amide bonds. The Kier molecular flexibility index (Phi) is 22.6. The summed E-state index contributed by atoms with van der Waals surface area (Å²) in [6.45, 7) is 0. The first-order valence-electron chi connectivity index (χ1n) is 12.8. The van der Waals surface area contributed by atoms with Crippen LogP contribution in [0.15, 0.2) is 182 Å². The van der Waals surface area contributed by atoms with E-state index in [2.05, 4.69) is 0 Å². The SMILES string of the molecule is Oc1ccccc1.Oc1ccccc1.Oc1ccccc1.Oc1ccccc1.Oc1ccccc1.Oc1ccccc1.[W]. The predicted octanol–water partition coefficient (Wildman–Crippen LogP) is 8.35. The van der Waals surface area contributed by atoms with Crippen LogP contribution in [0.1, 0.15) is 0 Å². The molecule has 6 nitrogen and oxygen atoms in total. The molecule has 0 aliphatic heterocycles. The van der Waals surface area contributed by atoms with Crippen LogP contribution >= 0.6 is 0 Å². The number of phenolic OH excluding ortho intramolecular Hbond substituents is 6. The maximum Gasteiger partial charge on any atom is 0.115 e. The number of benzene rings is 6. The maximum atomic E-state index is 8.63. The van der Waals surface area contributed by atoms with Crippen molar-refractivity contribution < 1.29 is 51.7 Å². The van der Waals surface area contributed by atoms with E-state index in [1.54, 1.807) is 146 Å². The molecule has 0 bridgehead atoms. The normalized spacial score (nSPS) is 8.37. The van der Waals surface area contributed by atoms with Crippen LogP contribution in [-0.2, 0) is 21.1 Å². The molecule has 6 aromatic rings. The summed E-state index contributed by atoms with van der Waals surface area (Å²) in [6, 6.07) is 52.3. The molecule has 6 rings (SSSR count). The summed E-state index contributed by atoms with van der Waals surface area (Å²) >= 11 is 0. The fourth-order valence-corrected chi connectivity index (χ4v) is 2.57. The van der Waals surface area contributed by atoms with E-state index in [1.165, 1.54) is 0 Å². The average molecular weight is 749 g/mol. The van der Waals surface area contributed by atoms with Crippen LogP contribution in [0.2, 0.25) is 0 Å². The molecule has 0 spiro atoms. The molecular formula is C36H36O6W. The predicted molar refractivity (Wildman–Crippen MR) is 169 cm³/mol. The van der Waals surface area contributed by atoms with Crippen molar-refractivity contribution in [3.63, 3.8) is 0 Å². The van der Waals surface area contributed by atoms with Gasteiger partial charge in [0.05, 0.1) is 0 Å². The first kappa shape index (κ1) is 37.8. The molecule has 0 saturated carbocycles. The molecule has 0 unspecified atom stereocenters. The molecule has 0 aromatic heterocycles. The van der Waals surface area contributed by atoms with Crippen LogP contribution in [0.4, 0.5) is 0 Å². The van der Waals surface area contributed by atoms with E-state index in [4.69, 9.17) is 30.6 Å². The standard InChI is InChI=1S/6C6H6O.W/c6*7-6-4-2-1-3-5-6;/h6*1-5,7H;. The Hall–Kier alpha value is -5.19. The Morgan fingerprint density at radius 2 is 0.279 bits per heavy atom. The summed E-state index contributed by atoms with van der Waals surface area (Å²) in [5, 5.41) is 51.8. The van der Waals surface area contributed by atoms with E-state index in [-0.39, 0.29) is 21.1 Å². The molecule has 0 aliphatic rings. The van der Waals surface area contributed by atoms with Gasteiger partial charge >= 0.3 is 0 Å². The van der Waals surface area contributed by atoms with Crippen molar-refractivity contribution in [2.75, 3.05) is 0 Å². The van der Waals surface area contributed by atoms with Gasteiger partial charge in [0.1, 0.15) is 34.5 Å². The second kappa shape index (κ2) is 25.8. The van der Waals surface area contributed by atoms with E-state index in [0.717, 1.165) is 0 Å². The third kappa shape index (κ3) is 24.3. The molecule has 0 aliphatic carbocycles. The van der Waals surface area contributed by atoms with Gasteiger partial charge in [-0.15, -0.1) is 0 Å². The van der Waals surface area contributed by atoms with Gasteiger partial charge in [0.2, 0.25) is 0 Å². The fourth-order valence-electron chi connectivity index (χ4n) is 2.57. The van der Waals surface area contributed by atoms with Crippen molar-refractivity contribution in [3.8, 4) is 34.5 Å². The molecular weight excluding hydrogens is 712 g/mol. The quantitative estimate of drug-likeness (QED) is 0.0930. The second-order valence-electron chi connectivity index (χ2n) is 8.01. The molecule has 222 valence electrons. The maximum absolute atomic E-state index is 8.63. The van der Waals surface area contributed by atoms with Crippen LogP contribution in [0.5, 0.6) is 34.5 Å². The van der Waals surface area contributed by atoms with Crippen molar-refractivity contribution in [1.29, 1.82) is 0 Å². The minimum Gasteiger partial charge on any atom is -0.508 e. The van der Waals surface area contributed by atoms with Crippen LogP contribution in [0.25, 0.3) is 0 Å². The minimum atomic E-state index is 0. The fraction of sp³-hybridized carbons (Fsp3) is 0. The molecule has 6 N–H and O–H groups in total. The smallest absolute Gasteiger partial charge is 0.115 e. The van der Waals surface area contributed by atoms with E-state index in [0.29, 0.717) is 34.5 Å². The molecule has 6 aromatic carbocycles. The van der Waals surface area contributed by atoms with Gasteiger partial charge in [0.15, 0.2) is 0 Å². The van der Waals surface area contributed by atoms with Gasteiger partial charge in [-0.25, -0.2) is 0 Å². The topological polar surface area (TPSA) is 121 Å². The first-order chi connectivity index (χ1) is 20.4. The largest absolute Gasteiger partial charge is 0.508 e. The Morgan fingerprint density at radius 1 is 0.186 bits per heavy atom. The third-order valence-electron chi connectivity index (χ3n) is 4.54. The summed E-state index contributed by atoms with van der Waals surface area (Å²) in [5.74, 6) is 1.93. The Bertz CT molecular complexity index is 1100. The van der Waals surface area contributed by atoms with Crippen LogP contribution < -0.4 is 0 Å². The molecule has 0 fully saturated rings. The van der Waals surface area contributed by atoms with Crippen molar-refractivity contribution >= 4 is 0 Å². The Morgan fingerprint density at radius 3 is 0.326 bits per heavy atom. The summed E-state index contributed by atoms with van der Waals surface area (Å²) in [6.07, 6.45) is 0. The molecule has 0 radical (unpaired) electrons. The zero-order valence-corrected chi connectivity index (χ0v) is 26.3. The molecule has 7 heteroatoms. The average Bonchev–Trinajstić information content (AvgIpc) is 3.01. The summed E-state index contributed by atoms with van der Waals surface area (Å²) in [7, 11) is 0. The minimum absolute atomic E-state index is 0. The van der Waals surface area contributed by atoms with Crippen LogP contribution in [0, 0.1) is 0 Å². The van der Waals surface area contributed by atoms with E-state index in [1.807, 2.05) is 36.4 Å². The van der Waals surface area contributed by atoms with E-state index in [9.17, 15) is 0 Å². The Labute approximate surface area is 267 Å². The van der Waals surface area contributed by atoms with Gasteiger partial charge in [-0.1, -0.05) is 109 Å². The third-order valence-corrected chi connectivity index (χ3v) is 4.54. The summed E-state index contributed by atoms with van der Waals surface area (Å²) in [4.78, 5) is 0. The molecule has 0 atom stereocenters. The van der Waals surface area contributed by atoms with Gasteiger partial charge in [-0.2, -0.15) is 0 Å². The van der Waals surface area contributed by atoms with Gasteiger partial charge in [-0.3, -0.25) is 0 Å².